The van der Waals surface area contributed by atoms with Crippen molar-refractivity contribution < 1.29 is 9.53 Å². The smallest absolute Gasteiger partial charge is 0.255 e. The van der Waals surface area contributed by atoms with Gasteiger partial charge >= 0.3 is 0 Å². The summed E-state index contributed by atoms with van der Waals surface area (Å²) < 4.78 is 5.14. The molecular formula is C20H18ClN3O2. The third kappa shape index (κ3) is 4.32. The standard InChI is InChI=1S/C20H18ClN3O2/c1-13-3-4-16(12-18(13)21)24-20(25)14-9-10-22-19(11-14)23-15-5-7-17(26-2)8-6-15/h3-12H,1-2H3,(H,22,23)(H,24,25). The van der Waals surface area contributed by atoms with E-state index in [9.17, 15) is 4.79 Å². The van der Waals surface area contributed by atoms with Gasteiger partial charge in [-0.1, -0.05) is 17.7 Å². The van der Waals surface area contributed by atoms with E-state index in [1.165, 1.54) is 0 Å². The first-order valence-corrected chi connectivity index (χ1v) is 8.37. The molecule has 0 saturated carbocycles. The molecule has 132 valence electrons. The molecule has 0 atom stereocenters. The van der Waals surface area contributed by atoms with E-state index in [1.807, 2.05) is 43.3 Å². The quantitative estimate of drug-likeness (QED) is 0.662. The summed E-state index contributed by atoms with van der Waals surface area (Å²) in [5, 5.41) is 6.61. The number of halogens is 1. The van der Waals surface area contributed by atoms with Crippen LogP contribution in [-0.2, 0) is 0 Å². The van der Waals surface area contributed by atoms with E-state index in [4.69, 9.17) is 16.3 Å². The monoisotopic (exact) mass is 367 g/mol. The molecule has 2 aromatic carbocycles. The van der Waals surface area contributed by atoms with Gasteiger partial charge in [-0.25, -0.2) is 4.98 Å². The Hall–Kier alpha value is -3.05. The van der Waals surface area contributed by atoms with E-state index in [1.54, 1.807) is 31.5 Å². The fourth-order valence-corrected chi connectivity index (χ4v) is 2.52. The average molecular weight is 368 g/mol. The Morgan fingerprint density at radius 1 is 1.04 bits per heavy atom. The molecule has 0 bridgehead atoms. The van der Waals surface area contributed by atoms with Gasteiger partial charge < -0.3 is 15.4 Å². The highest BCUT2D eigenvalue weighted by atomic mass is 35.5. The van der Waals surface area contributed by atoms with Crippen molar-refractivity contribution in [2.75, 3.05) is 17.7 Å². The minimum absolute atomic E-state index is 0.231. The Morgan fingerprint density at radius 2 is 1.77 bits per heavy atom. The number of nitrogens with zero attached hydrogens (tertiary/aromatic N) is 1. The number of aryl methyl sites for hydroxylation is 1. The van der Waals surface area contributed by atoms with Crippen LogP contribution in [0.25, 0.3) is 0 Å². The third-order valence-corrected chi connectivity index (χ3v) is 4.22. The first kappa shape index (κ1) is 17.8. The zero-order valence-electron chi connectivity index (χ0n) is 14.4. The number of methoxy groups -OCH3 is 1. The molecule has 0 aliphatic carbocycles. The Balaban J connectivity index is 1.73. The van der Waals surface area contributed by atoms with Gasteiger partial charge in [-0.3, -0.25) is 4.79 Å². The van der Waals surface area contributed by atoms with Crippen LogP contribution >= 0.6 is 11.6 Å². The van der Waals surface area contributed by atoms with Crippen LogP contribution in [0, 0.1) is 6.92 Å². The average Bonchev–Trinajstić information content (AvgIpc) is 2.65. The van der Waals surface area contributed by atoms with Crippen molar-refractivity contribution in [1.29, 1.82) is 0 Å². The highest BCUT2D eigenvalue weighted by Crippen LogP contribution is 2.22. The number of nitrogens with one attached hydrogen (secondary N) is 2. The Bertz CT molecular complexity index is 927. The van der Waals surface area contributed by atoms with Gasteiger partial charge in [-0.15, -0.1) is 0 Å². The van der Waals surface area contributed by atoms with Crippen LogP contribution in [0.15, 0.2) is 60.8 Å². The van der Waals surface area contributed by atoms with Crippen molar-refractivity contribution in [3.8, 4) is 5.75 Å². The van der Waals surface area contributed by atoms with Crippen molar-refractivity contribution in [3.05, 3.63) is 76.9 Å². The SMILES string of the molecule is COc1ccc(Nc2cc(C(=O)Nc3ccc(C)c(Cl)c3)ccn2)cc1. The number of ether oxygens (including phenoxy) is 1. The van der Waals surface area contributed by atoms with Crippen LogP contribution in [-0.4, -0.2) is 18.0 Å². The molecule has 0 radical (unpaired) electrons. The van der Waals surface area contributed by atoms with Gasteiger partial charge in [0.1, 0.15) is 11.6 Å². The molecule has 0 aliphatic rings. The number of hydrogen-bond donors (Lipinski definition) is 2. The molecule has 0 spiro atoms. The maximum Gasteiger partial charge on any atom is 0.255 e. The van der Waals surface area contributed by atoms with Crippen LogP contribution in [0.3, 0.4) is 0 Å². The van der Waals surface area contributed by atoms with Crippen LogP contribution in [0.5, 0.6) is 5.75 Å². The zero-order chi connectivity index (χ0) is 18.5. The van der Waals surface area contributed by atoms with Gasteiger partial charge in [0.05, 0.1) is 7.11 Å². The predicted molar refractivity (Wildman–Crippen MR) is 105 cm³/mol. The van der Waals surface area contributed by atoms with Crippen LogP contribution in [0.2, 0.25) is 5.02 Å². The lowest BCUT2D eigenvalue weighted by Crippen LogP contribution is -2.12. The van der Waals surface area contributed by atoms with E-state index >= 15 is 0 Å². The van der Waals surface area contributed by atoms with Gasteiger partial charge in [-0.2, -0.15) is 0 Å². The molecule has 6 heteroatoms. The summed E-state index contributed by atoms with van der Waals surface area (Å²) in [7, 11) is 1.62. The molecule has 1 aromatic heterocycles. The number of pyridine rings is 1. The largest absolute Gasteiger partial charge is 0.497 e. The van der Waals surface area contributed by atoms with Gasteiger partial charge in [0, 0.05) is 28.2 Å². The predicted octanol–water partition coefficient (Wildman–Crippen LogP) is 5.05. The van der Waals surface area contributed by atoms with Crippen molar-refractivity contribution in [2.24, 2.45) is 0 Å². The van der Waals surface area contributed by atoms with Gasteiger partial charge in [0.25, 0.3) is 5.91 Å². The first-order valence-electron chi connectivity index (χ1n) is 8.00. The Kier molecular flexibility index (Phi) is 5.39. The fraction of sp³-hybridized carbons (Fsp3) is 0.100. The number of rotatable bonds is 5. The Labute approximate surface area is 157 Å². The minimum atomic E-state index is -0.231. The number of benzene rings is 2. The van der Waals surface area contributed by atoms with E-state index in [0.29, 0.717) is 22.1 Å². The number of carbonyl (C=O) groups is 1. The second-order valence-electron chi connectivity index (χ2n) is 5.70. The van der Waals surface area contributed by atoms with Crippen LogP contribution in [0.1, 0.15) is 15.9 Å². The molecule has 0 saturated heterocycles. The summed E-state index contributed by atoms with van der Waals surface area (Å²) in [4.78, 5) is 16.7. The summed E-state index contributed by atoms with van der Waals surface area (Å²) in [5.74, 6) is 1.11. The molecule has 26 heavy (non-hydrogen) atoms. The van der Waals surface area contributed by atoms with Crippen molar-refractivity contribution in [2.45, 2.75) is 6.92 Å². The van der Waals surface area contributed by atoms with Gasteiger partial charge in [0.2, 0.25) is 0 Å². The van der Waals surface area contributed by atoms with E-state index in [0.717, 1.165) is 17.0 Å². The van der Waals surface area contributed by atoms with Crippen molar-refractivity contribution in [3.63, 3.8) is 0 Å². The lowest BCUT2D eigenvalue weighted by atomic mass is 10.2. The minimum Gasteiger partial charge on any atom is -0.497 e. The molecule has 0 fully saturated rings. The fourth-order valence-electron chi connectivity index (χ4n) is 2.34. The molecule has 0 aliphatic heterocycles. The first-order chi connectivity index (χ1) is 12.5. The highest BCUT2D eigenvalue weighted by molar-refractivity contribution is 6.31. The number of hydrogen-bond acceptors (Lipinski definition) is 4. The number of anilines is 3. The van der Waals surface area contributed by atoms with Crippen molar-refractivity contribution >= 4 is 34.7 Å². The topological polar surface area (TPSA) is 63.2 Å². The summed E-state index contributed by atoms with van der Waals surface area (Å²) in [6.07, 6.45) is 1.59. The zero-order valence-corrected chi connectivity index (χ0v) is 15.2. The molecular weight excluding hydrogens is 350 g/mol. The number of aromatic nitrogens is 1. The van der Waals surface area contributed by atoms with Crippen molar-refractivity contribution in [1.82, 2.24) is 4.98 Å². The molecule has 1 amide bonds. The number of amides is 1. The number of carbonyl (C=O) groups excluding carboxylic acids is 1. The van der Waals surface area contributed by atoms with E-state index in [2.05, 4.69) is 15.6 Å². The summed E-state index contributed by atoms with van der Waals surface area (Å²) in [6, 6.07) is 16.2. The molecule has 3 aromatic rings. The van der Waals surface area contributed by atoms with Crippen LogP contribution < -0.4 is 15.4 Å². The lowest BCUT2D eigenvalue weighted by Gasteiger charge is -2.09. The Morgan fingerprint density at radius 3 is 2.46 bits per heavy atom. The molecule has 0 unspecified atom stereocenters. The molecule has 2 N–H and O–H groups in total. The maximum absolute atomic E-state index is 12.5. The second kappa shape index (κ2) is 7.89. The summed E-state index contributed by atoms with van der Waals surface area (Å²) in [5.41, 5.74) is 2.94. The highest BCUT2D eigenvalue weighted by Gasteiger charge is 2.09. The van der Waals surface area contributed by atoms with E-state index in [-0.39, 0.29) is 5.91 Å². The molecule has 5 nitrogen and oxygen atoms in total. The van der Waals surface area contributed by atoms with Gasteiger partial charge in [0.15, 0.2) is 0 Å². The summed E-state index contributed by atoms with van der Waals surface area (Å²) in [6.45, 7) is 1.91. The van der Waals surface area contributed by atoms with Crippen LogP contribution in [0.4, 0.5) is 17.2 Å². The summed E-state index contributed by atoms with van der Waals surface area (Å²) >= 11 is 6.10. The van der Waals surface area contributed by atoms with Gasteiger partial charge in [-0.05, 0) is 61.0 Å². The lowest BCUT2D eigenvalue weighted by molar-refractivity contribution is 0.102. The molecule has 3 rings (SSSR count). The normalized spacial score (nSPS) is 10.3. The maximum atomic E-state index is 12.5. The third-order valence-electron chi connectivity index (χ3n) is 3.81. The molecule has 1 heterocycles. The second-order valence-corrected chi connectivity index (χ2v) is 6.11. The van der Waals surface area contributed by atoms with E-state index < -0.39 is 0 Å².